The lowest BCUT2D eigenvalue weighted by Crippen LogP contribution is -2.22. The minimum Gasteiger partial charge on any atom is -0.497 e. The molecule has 8 nitrogen and oxygen atoms in total. The topological polar surface area (TPSA) is 116 Å². The largest absolute Gasteiger partial charge is 0.497 e. The van der Waals surface area contributed by atoms with Gasteiger partial charge in [-0.3, -0.25) is 4.79 Å². The molecule has 3 rings (SSSR count). The summed E-state index contributed by atoms with van der Waals surface area (Å²) in [5, 5.41) is 3.33. The molecule has 3 N–H and O–H groups in total. The van der Waals surface area contributed by atoms with Crippen molar-refractivity contribution < 1.29 is 9.53 Å². The molecule has 124 valence electrons. The highest BCUT2D eigenvalue weighted by atomic mass is 32.2. The second-order valence-corrected chi connectivity index (χ2v) is 7.07. The van der Waals surface area contributed by atoms with Gasteiger partial charge in [0.15, 0.2) is 10.3 Å². The first kappa shape index (κ1) is 16.4. The van der Waals surface area contributed by atoms with Gasteiger partial charge in [-0.1, -0.05) is 23.1 Å². The molecule has 0 aliphatic carbocycles. The molecule has 0 aliphatic heterocycles. The molecule has 0 saturated heterocycles. The number of hydrogen-bond acceptors (Lipinski definition) is 9. The van der Waals surface area contributed by atoms with Gasteiger partial charge in [0.05, 0.1) is 22.6 Å². The number of rotatable bonds is 5. The number of nitrogens with zero attached hydrogens (tertiary/aromatic N) is 4. The van der Waals surface area contributed by atoms with Crippen LogP contribution in [0.1, 0.15) is 6.92 Å². The van der Waals surface area contributed by atoms with Gasteiger partial charge in [0.2, 0.25) is 11.9 Å². The normalized spacial score (nSPS) is 12.1. The molecule has 2 aromatic heterocycles. The van der Waals surface area contributed by atoms with Gasteiger partial charge in [0, 0.05) is 0 Å². The molecule has 2 heterocycles. The number of benzene rings is 1. The van der Waals surface area contributed by atoms with Gasteiger partial charge in [0.25, 0.3) is 0 Å². The summed E-state index contributed by atoms with van der Waals surface area (Å²) in [7, 11) is 1.61. The van der Waals surface area contributed by atoms with Crippen LogP contribution in [-0.2, 0) is 4.79 Å². The Morgan fingerprint density at radius 2 is 2.21 bits per heavy atom. The maximum atomic E-state index is 12.3. The second kappa shape index (κ2) is 6.97. The number of aromatic nitrogens is 4. The summed E-state index contributed by atoms with van der Waals surface area (Å²) < 4.78 is 6.13. The van der Waals surface area contributed by atoms with E-state index in [0.29, 0.717) is 10.3 Å². The first-order chi connectivity index (χ1) is 11.5. The van der Waals surface area contributed by atoms with E-state index >= 15 is 0 Å². The van der Waals surface area contributed by atoms with Gasteiger partial charge >= 0.3 is 0 Å². The summed E-state index contributed by atoms with van der Waals surface area (Å²) in [5.74, 6) is 0.686. The lowest BCUT2D eigenvalue weighted by molar-refractivity contribution is -0.115. The first-order valence-corrected chi connectivity index (χ1v) is 8.61. The van der Waals surface area contributed by atoms with E-state index in [9.17, 15) is 4.79 Å². The minimum absolute atomic E-state index is 0.125. The number of carbonyl (C=O) groups excluding carboxylic acids is 1. The van der Waals surface area contributed by atoms with Crippen molar-refractivity contribution in [3.8, 4) is 5.75 Å². The first-order valence-electron chi connectivity index (χ1n) is 6.92. The van der Waals surface area contributed by atoms with Crippen molar-refractivity contribution in [2.45, 2.75) is 17.3 Å². The molecule has 0 spiro atoms. The number of ether oxygens (including phenoxy) is 1. The molecule has 0 aliphatic rings. The van der Waals surface area contributed by atoms with E-state index in [1.54, 1.807) is 14.0 Å². The Hall–Kier alpha value is -2.46. The number of nitrogen functional groups attached to an aromatic ring is 1. The quantitative estimate of drug-likeness (QED) is 0.664. The molecule has 0 fully saturated rings. The number of nitrogens with two attached hydrogens (primary N) is 1. The highest BCUT2D eigenvalue weighted by molar-refractivity contribution is 8.00. The van der Waals surface area contributed by atoms with Crippen LogP contribution >= 0.6 is 23.1 Å². The highest BCUT2D eigenvalue weighted by Gasteiger charge is 2.18. The Balaban J connectivity index is 1.69. The Kier molecular flexibility index (Phi) is 4.76. The zero-order valence-electron chi connectivity index (χ0n) is 12.9. The molecule has 3 aromatic rings. The van der Waals surface area contributed by atoms with Gasteiger partial charge in [0.1, 0.15) is 12.1 Å². The van der Waals surface area contributed by atoms with Gasteiger partial charge < -0.3 is 15.8 Å². The van der Waals surface area contributed by atoms with Crippen molar-refractivity contribution >= 4 is 50.3 Å². The molecule has 10 heteroatoms. The molecule has 0 bridgehead atoms. The number of fused-ring (bicyclic) bond motifs is 1. The zero-order valence-corrected chi connectivity index (χ0v) is 14.5. The summed E-state index contributed by atoms with van der Waals surface area (Å²) in [4.78, 5) is 28.4. The zero-order chi connectivity index (χ0) is 17.1. The van der Waals surface area contributed by atoms with Crippen LogP contribution in [0.15, 0.2) is 29.7 Å². The van der Waals surface area contributed by atoms with Crippen LogP contribution in [-0.4, -0.2) is 38.2 Å². The second-order valence-electron chi connectivity index (χ2n) is 4.73. The van der Waals surface area contributed by atoms with E-state index in [2.05, 4.69) is 25.3 Å². The van der Waals surface area contributed by atoms with E-state index < -0.39 is 5.25 Å². The Morgan fingerprint density at radius 1 is 1.38 bits per heavy atom. The Morgan fingerprint density at radius 3 is 2.96 bits per heavy atom. The van der Waals surface area contributed by atoms with E-state index in [4.69, 9.17) is 10.5 Å². The molecule has 1 aromatic carbocycles. The Labute approximate surface area is 145 Å². The van der Waals surface area contributed by atoms with Crippen molar-refractivity contribution in [2.75, 3.05) is 18.2 Å². The molecule has 1 amide bonds. The Bertz CT molecular complexity index is 885. The fourth-order valence-corrected chi connectivity index (χ4v) is 3.49. The molecule has 24 heavy (non-hydrogen) atoms. The molecular formula is C14H14N6O2S2. The van der Waals surface area contributed by atoms with E-state index in [1.165, 1.54) is 29.4 Å². The summed E-state index contributed by atoms with van der Waals surface area (Å²) in [6.45, 7) is 1.76. The van der Waals surface area contributed by atoms with Crippen molar-refractivity contribution in [2.24, 2.45) is 0 Å². The van der Waals surface area contributed by atoms with Crippen LogP contribution in [0.4, 0.5) is 11.1 Å². The van der Waals surface area contributed by atoms with Crippen molar-refractivity contribution in [1.82, 2.24) is 19.9 Å². The van der Waals surface area contributed by atoms with E-state index in [-0.39, 0.29) is 11.9 Å². The predicted molar refractivity (Wildman–Crippen MR) is 94.4 cm³/mol. The van der Waals surface area contributed by atoms with Crippen LogP contribution in [0.5, 0.6) is 5.75 Å². The third-order valence-corrected chi connectivity index (χ3v) is 4.95. The molecule has 0 radical (unpaired) electrons. The number of methoxy groups -OCH3 is 1. The number of amides is 1. The average molecular weight is 362 g/mol. The monoisotopic (exact) mass is 362 g/mol. The predicted octanol–water partition coefficient (Wildman–Crippen LogP) is 2.19. The maximum absolute atomic E-state index is 12.3. The van der Waals surface area contributed by atoms with Crippen LogP contribution in [0.3, 0.4) is 0 Å². The van der Waals surface area contributed by atoms with Gasteiger partial charge in [-0.05, 0) is 25.1 Å². The van der Waals surface area contributed by atoms with Crippen molar-refractivity contribution in [1.29, 1.82) is 0 Å². The third-order valence-electron chi connectivity index (χ3n) is 3.05. The number of carbonyl (C=O) groups is 1. The summed E-state index contributed by atoms with van der Waals surface area (Å²) >= 11 is 2.59. The standard InChI is InChI=1S/C14H14N6O2S2/c1-7(23-13-17-6-16-12(15)20-13)11(21)19-14-18-9-4-3-8(22-2)5-10(9)24-14/h3-7H,1-2H3,(H,18,19,21)(H2,15,16,17,20). The molecule has 1 unspecified atom stereocenters. The lowest BCUT2D eigenvalue weighted by atomic mass is 10.3. The maximum Gasteiger partial charge on any atom is 0.239 e. The minimum atomic E-state index is -0.409. The summed E-state index contributed by atoms with van der Waals surface area (Å²) in [6, 6.07) is 5.57. The SMILES string of the molecule is COc1ccc2nc(NC(=O)C(C)Sc3ncnc(N)n3)sc2c1. The third kappa shape index (κ3) is 3.71. The smallest absolute Gasteiger partial charge is 0.239 e. The van der Waals surface area contributed by atoms with Gasteiger partial charge in [-0.2, -0.15) is 4.98 Å². The fourth-order valence-electron chi connectivity index (χ4n) is 1.85. The average Bonchev–Trinajstić information content (AvgIpc) is 2.95. The number of anilines is 2. The van der Waals surface area contributed by atoms with Crippen molar-refractivity contribution in [3.05, 3.63) is 24.5 Å². The number of thiazole rings is 1. The fraction of sp³-hybridized carbons (Fsp3) is 0.214. The van der Waals surface area contributed by atoms with Crippen LogP contribution in [0.2, 0.25) is 0 Å². The van der Waals surface area contributed by atoms with Crippen LogP contribution in [0.25, 0.3) is 10.2 Å². The highest BCUT2D eigenvalue weighted by Crippen LogP contribution is 2.30. The van der Waals surface area contributed by atoms with Gasteiger partial charge in [-0.25, -0.2) is 15.0 Å². The van der Waals surface area contributed by atoms with Crippen LogP contribution < -0.4 is 15.8 Å². The number of hydrogen-bond donors (Lipinski definition) is 2. The van der Waals surface area contributed by atoms with Crippen LogP contribution in [0, 0.1) is 0 Å². The van der Waals surface area contributed by atoms with E-state index in [1.807, 2.05) is 18.2 Å². The lowest BCUT2D eigenvalue weighted by Gasteiger charge is -2.08. The number of nitrogens with one attached hydrogen (secondary N) is 1. The number of thioether (sulfide) groups is 1. The summed E-state index contributed by atoms with van der Waals surface area (Å²) in [6.07, 6.45) is 1.32. The molecule has 1 atom stereocenters. The van der Waals surface area contributed by atoms with E-state index in [0.717, 1.165) is 16.0 Å². The summed E-state index contributed by atoms with van der Waals surface area (Å²) in [5.41, 5.74) is 6.31. The molecule has 0 saturated carbocycles. The molecular weight excluding hydrogens is 348 g/mol. The van der Waals surface area contributed by atoms with Crippen molar-refractivity contribution in [3.63, 3.8) is 0 Å². The van der Waals surface area contributed by atoms with Gasteiger partial charge in [-0.15, -0.1) is 0 Å².